The van der Waals surface area contributed by atoms with Crippen molar-refractivity contribution in [2.24, 2.45) is 0 Å². The Bertz CT molecular complexity index is 553. The van der Waals surface area contributed by atoms with Gasteiger partial charge >= 0.3 is 6.18 Å². The molecule has 1 aromatic carbocycles. The molecule has 0 heterocycles. The van der Waals surface area contributed by atoms with Gasteiger partial charge in [0.2, 0.25) is 5.91 Å². The summed E-state index contributed by atoms with van der Waals surface area (Å²) >= 11 is 0. The first-order chi connectivity index (χ1) is 9.20. The molecule has 5 nitrogen and oxygen atoms in total. The summed E-state index contributed by atoms with van der Waals surface area (Å²) in [5, 5.41) is 13.0. The van der Waals surface area contributed by atoms with E-state index in [1.165, 1.54) is 19.1 Å². The summed E-state index contributed by atoms with van der Waals surface area (Å²) in [5.41, 5.74) is -1.69. The Hall–Kier alpha value is -2.38. The summed E-state index contributed by atoms with van der Waals surface area (Å²) in [6, 6.07) is 2.31. The number of amides is 1. The van der Waals surface area contributed by atoms with Crippen LogP contribution in [0.15, 0.2) is 24.3 Å². The fourth-order valence-electron chi connectivity index (χ4n) is 1.40. The normalized spacial score (nSPS) is 11.6. The minimum Gasteiger partial charge on any atom is -0.353 e. The molecule has 1 N–H and O–H groups in total. The van der Waals surface area contributed by atoms with Crippen LogP contribution >= 0.6 is 0 Å². The van der Waals surface area contributed by atoms with E-state index in [9.17, 15) is 28.1 Å². The molecule has 1 aromatic rings. The summed E-state index contributed by atoms with van der Waals surface area (Å²) in [4.78, 5) is 20.3. The smallest absolute Gasteiger partial charge is 0.353 e. The highest BCUT2D eigenvalue weighted by molar-refractivity contribution is 5.73. The largest absolute Gasteiger partial charge is 0.416 e. The van der Waals surface area contributed by atoms with E-state index in [-0.39, 0.29) is 18.0 Å². The zero-order valence-corrected chi connectivity index (χ0v) is 10.4. The number of nitrogens with zero attached hydrogens (tertiary/aromatic N) is 1. The van der Waals surface area contributed by atoms with Crippen molar-refractivity contribution in [1.82, 2.24) is 5.32 Å². The Morgan fingerprint density at radius 3 is 2.55 bits per heavy atom. The highest BCUT2D eigenvalue weighted by atomic mass is 19.4. The molecule has 0 atom stereocenters. The van der Waals surface area contributed by atoms with Crippen molar-refractivity contribution in [3.05, 3.63) is 45.5 Å². The van der Waals surface area contributed by atoms with E-state index >= 15 is 0 Å². The molecular formula is C12H11F3N2O3. The van der Waals surface area contributed by atoms with Gasteiger partial charge in [-0.3, -0.25) is 14.9 Å². The number of nitro benzene ring substituents is 1. The third kappa shape index (κ3) is 4.71. The summed E-state index contributed by atoms with van der Waals surface area (Å²) in [6.07, 6.45) is -1.98. The van der Waals surface area contributed by atoms with E-state index in [0.29, 0.717) is 6.07 Å². The van der Waals surface area contributed by atoms with Crippen LogP contribution in [0.2, 0.25) is 0 Å². The highest BCUT2D eigenvalue weighted by Gasteiger charge is 2.32. The van der Waals surface area contributed by atoms with Crippen molar-refractivity contribution in [2.75, 3.05) is 6.54 Å². The molecule has 0 spiro atoms. The Morgan fingerprint density at radius 2 is 2.05 bits per heavy atom. The van der Waals surface area contributed by atoms with Gasteiger partial charge in [-0.05, 0) is 11.6 Å². The van der Waals surface area contributed by atoms with E-state index < -0.39 is 22.4 Å². The van der Waals surface area contributed by atoms with Crippen LogP contribution in [0.25, 0.3) is 6.08 Å². The fraction of sp³-hybridized carbons (Fsp3) is 0.250. The predicted molar refractivity (Wildman–Crippen MR) is 65.8 cm³/mol. The number of halogens is 3. The van der Waals surface area contributed by atoms with Crippen molar-refractivity contribution >= 4 is 17.7 Å². The van der Waals surface area contributed by atoms with Crippen LogP contribution in [0, 0.1) is 10.1 Å². The maximum Gasteiger partial charge on any atom is 0.416 e. The lowest BCUT2D eigenvalue weighted by Crippen LogP contribution is -2.19. The Morgan fingerprint density at radius 1 is 1.40 bits per heavy atom. The van der Waals surface area contributed by atoms with Crippen LogP contribution in [-0.4, -0.2) is 17.4 Å². The molecule has 0 unspecified atom stereocenters. The molecule has 0 aliphatic rings. The molecular weight excluding hydrogens is 277 g/mol. The topological polar surface area (TPSA) is 72.2 Å². The van der Waals surface area contributed by atoms with E-state index in [0.717, 1.165) is 12.1 Å². The number of hydrogen-bond acceptors (Lipinski definition) is 3. The van der Waals surface area contributed by atoms with Crippen LogP contribution in [0.5, 0.6) is 0 Å². The van der Waals surface area contributed by atoms with Crippen LogP contribution in [0.4, 0.5) is 18.9 Å². The molecule has 8 heteroatoms. The van der Waals surface area contributed by atoms with E-state index in [1.54, 1.807) is 0 Å². The van der Waals surface area contributed by atoms with Gasteiger partial charge < -0.3 is 5.32 Å². The molecule has 20 heavy (non-hydrogen) atoms. The molecule has 0 fully saturated rings. The molecule has 0 aliphatic heterocycles. The second-order valence-electron chi connectivity index (χ2n) is 3.91. The zero-order chi connectivity index (χ0) is 15.3. The van der Waals surface area contributed by atoms with E-state index in [4.69, 9.17) is 0 Å². The lowest BCUT2D eigenvalue weighted by atomic mass is 10.1. The number of rotatable bonds is 4. The maximum atomic E-state index is 12.6. The van der Waals surface area contributed by atoms with E-state index in [2.05, 4.69) is 5.32 Å². The maximum absolute atomic E-state index is 12.6. The van der Waals surface area contributed by atoms with Crippen LogP contribution < -0.4 is 5.32 Å². The Labute approximate surface area is 112 Å². The second kappa shape index (κ2) is 6.18. The quantitative estimate of drug-likeness (QED) is 0.684. The standard InChI is InChI=1S/C12H11F3N2O3/c1-8(18)16-4-2-3-9-5-10(12(13,14)15)7-11(6-9)17(19)20/h2-3,5-7H,4H2,1H3,(H,16,18). The number of nitrogens with one attached hydrogen (secondary N) is 1. The lowest BCUT2D eigenvalue weighted by Gasteiger charge is -2.07. The fourth-order valence-corrected chi connectivity index (χ4v) is 1.40. The van der Waals surface area contributed by atoms with Crippen LogP contribution in [0.3, 0.4) is 0 Å². The van der Waals surface area contributed by atoms with Gasteiger partial charge in [-0.1, -0.05) is 12.2 Å². The van der Waals surface area contributed by atoms with Gasteiger partial charge in [0, 0.05) is 25.6 Å². The average molecular weight is 288 g/mol. The van der Waals surface area contributed by atoms with Gasteiger partial charge in [-0.15, -0.1) is 0 Å². The third-order valence-electron chi connectivity index (χ3n) is 2.26. The Balaban J connectivity index is 3.04. The molecule has 0 saturated carbocycles. The number of alkyl halides is 3. The summed E-state index contributed by atoms with van der Waals surface area (Å²) in [5.74, 6) is -0.287. The lowest BCUT2D eigenvalue weighted by molar-refractivity contribution is -0.385. The molecule has 0 saturated heterocycles. The van der Waals surface area contributed by atoms with Crippen molar-refractivity contribution < 1.29 is 22.9 Å². The first-order valence-electron chi connectivity index (χ1n) is 5.48. The average Bonchev–Trinajstić information content (AvgIpc) is 2.33. The van der Waals surface area contributed by atoms with Crippen molar-refractivity contribution in [2.45, 2.75) is 13.1 Å². The number of benzene rings is 1. The monoisotopic (exact) mass is 288 g/mol. The minimum absolute atomic E-state index is 0.0388. The van der Waals surface area contributed by atoms with Gasteiger partial charge in [0.15, 0.2) is 0 Å². The molecule has 1 rings (SSSR count). The number of non-ortho nitro benzene ring substituents is 1. The molecule has 1 amide bonds. The first kappa shape index (κ1) is 15.7. The summed E-state index contributed by atoms with van der Waals surface area (Å²) in [7, 11) is 0. The van der Waals surface area contributed by atoms with Crippen molar-refractivity contribution in [3.63, 3.8) is 0 Å². The van der Waals surface area contributed by atoms with Crippen LogP contribution in [0.1, 0.15) is 18.1 Å². The molecule has 0 radical (unpaired) electrons. The summed E-state index contributed by atoms with van der Waals surface area (Å²) < 4.78 is 37.8. The molecule has 0 bridgehead atoms. The van der Waals surface area contributed by atoms with Gasteiger partial charge in [-0.2, -0.15) is 13.2 Å². The van der Waals surface area contributed by atoms with Gasteiger partial charge in [0.05, 0.1) is 10.5 Å². The molecule has 0 aromatic heterocycles. The number of carbonyl (C=O) groups excluding carboxylic acids is 1. The second-order valence-corrected chi connectivity index (χ2v) is 3.91. The van der Waals surface area contributed by atoms with Crippen LogP contribution in [-0.2, 0) is 11.0 Å². The highest BCUT2D eigenvalue weighted by Crippen LogP contribution is 2.32. The number of nitro groups is 1. The summed E-state index contributed by atoms with van der Waals surface area (Å²) in [6.45, 7) is 1.42. The van der Waals surface area contributed by atoms with Gasteiger partial charge in [0.1, 0.15) is 0 Å². The molecule has 108 valence electrons. The minimum atomic E-state index is -4.66. The van der Waals surface area contributed by atoms with Gasteiger partial charge in [0.25, 0.3) is 5.69 Å². The van der Waals surface area contributed by atoms with Gasteiger partial charge in [-0.25, -0.2) is 0 Å². The zero-order valence-electron chi connectivity index (χ0n) is 10.4. The van der Waals surface area contributed by atoms with Crippen molar-refractivity contribution in [3.8, 4) is 0 Å². The van der Waals surface area contributed by atoms with Crippen molar-refractivity contribution in [1.29, 1.82) is 0 Å². The predicted octanol–water partition coefficient (Wildman–Crippen LogP) is 2.76. The first-order valence-corrected chi connectivity index (χ1v) is 5.48. The number of hydrogen-bond donors (Lipinski definition) is 1. The molecule has 0 aliphatic carbocycles. The Kier molecular flexibility index (Phi) is 4.84. The number of carbonyl (C=O) groups is 1. The SMILES string of the molecule is CC(=O)NCC=Cc1cc([N+](=O)[O-])cc(C(F)(F)F)c1. The van der Waals surface area contributed by atoms with E-state index in [1.807, 2.05) is 0 Å². The third-order valence-corrected chi connectivity index (χ3v) is 2.26.